The molecular formula is C24H25N5O2S. The molecule has 0 saturated carbocycles. The van der Waals surface area contributed by atoms with Crippen LogP contribution >= 0.6 is 0 Å². The normalized spacial score (nSPS) is 11.6. The van der Waals surface area contributed by atoms with Crippen molar-refractivity contribution in [1.29, 1.82) is 0 Å². The van der Waals surface area contributed by atoms with Crippen molar-refractivity contribution in [3.05, 3.63) is 89.7 Å². The van der Waals surface area contributed by atoms with E-state index in [4.69, 9.17) is 0 Å². The fourth-order valence-corrected chi connectivity index (χ4v) is 4.40. The van der Waals surface area contributed by atoms with Crippen molar-refractivity contribution in [2.75, 3.05) is 5.32 Å². The first-order valence-electron chi connectivity index (χ1n) is 10.4. The van der Waals surface area contributed by atoms with Gasteiger partial charge in [-0.25, -0.2) is 0 Å². The third kappa shape index (κ3) is 4.55. The Morgan fingerprint density at radius 2 is 1.72 bits per heavy atom. The lowest BCUT2D eigenvalue weighted by Gasteiger charge is -2.10. The molecule has 2 heterocycles. The molecule has 4 rings (SSSR count). The van der Waals surface area contributed by atoms with Gasteiger partial charge in [0.05, 0.1) is 4.90 Å². The molecule has 2 aromatic heterocycles. The summed E-state index contributed by atoms with van der Waals surface area (Å²) in [6.45, 7) is 6.61. The van der Waals surface area contributed by atoms with Crippen LogP contribution < -0.4 is 5.32 Å². The highest BCUT2D eigenvalue weighted by Crippen LogP contribution is 2.23. The van der Waals surface area contributed by atoms with Crippen molar-refractivity contribution in [1.82, 2.24) is 19.2 Å². The second-order valence-corrected chi connectivity index (χ2v) is 9.68. The van der Waals surface area contributed by atoms with E-state index in [2.05, 4.69) is 46.4 Å². The van der Waals surface area contributed by atoms with E-state index < -0.39 is 10.0 Å². The maximum Gasteiger partial charge on any atom is 0.286 e. The van der Waals surface area contributed by atoms with E-state index in [1.54, 1.807) is 48.8 Å². The number of hydrogen-bond donors (Lipinski definition) is 1. The predicted molar refractivity (Wildman–Crippen MR) is 125 cm³/mol. The average Bonchev–Trinajstić information content (AvgIpc) is 3.24. The first kappa shape index (κ1) is 21.7. The lowest BCUT2D eigenvalue weighted by molar-refractivity contribution is 0.580. The third-order valence-corrected chi connectivity index (χ3v) is 6.72. The van der Waals surface area contributed by atoms with Crippen molar-refractivity contribution in [2.24, 2.45) is 0 Å². The minimum absolute atomic E-state index is 0.148. The third-order valence-electron chi connectivity index (χ3n) is 5.14. The van der Waals surface area contributed by atoms with E-state index in [1.807, 2.05) is 19.1 Å². The average molecular weight is 448 g/mol. The Labute approximate surface area is 188 Å². The molecular weight excluding hydrogens is 422 g/mol. The number of benzene rings is 2. The lowest BCUT2D eigenvalue weighted by atomic mass is 10.0. The van der Waals surface area contributed by atoms with Crippen LogP contribution in [0.25, 0.3) is 11.4 Å². The summed E-state index contributed by atoms with van der Waals surface area (Å²) in [6, 6.07) is 18.4. The predicted octanol–water partition coefficient (Wildman–Crippen LogP) is 4.62. The molecule has 0 spiro atoms. The van der Waals surface area contributed by atoms with Gasteiger partial charge in [-0.05, 0) is 48.2 Å². The van der Waals surface area contributed by atoms with Gasteiger partial charge in [0.2, 0.25) is 5.95 Å². The molecule has 0 atom stereocenters. The van der Waals surface area contributed by atoms with E-state index in [9.17, 15) is 8.42 Å². The number of nitrogens with one attached hydrogen (secondary N) is 1. The summed E-state index contributed by atoms with van der Waals surface area (Å²) in [4.78, 5) is 8.71. The van der Waals surface area contributed by atoms with Crippen LogP contribution in [0.2, 0.25) is 0 Å². The van der Waals surface area contributed by atoms with Crippen LogP contribution in [0.5, 0.6) is 0 Å². The summed E-state index contributed by atoms with van der Waals surface area (Å²) in [7, 11) is -3.94. The monoisotopic (exact) mass is 447 g/mol. The van der Waals surface area contributed by atoms with Gasteiger partial charge in [0, 0.05) is 24.5 Å². The highest BCUT2D eigenvalue weighted by molar-refractivity contribution is 7.90. The minimum atomic E-state index is -3.94. The summed E-state index contributed by atoms with van der Waals surface area (Å²) < 4.78 is 27.7. The van der Waals surface area contributed by atoms with Crippen LogP contribution in [0.3, 0.4) is 0 Å². The molecule has 7 nitrogen and oxygen atoms in total. The van der Waals surface area contributed by atoms with Gasteiger partial charge in [-0.2, -0.15) is 13.4 Å². The van der Waals surface area contributed by atoms with E-state index in [0.29, 0.717) is 18.0 Å². The van der Waals surface area contributed by atoms with Gasteiger partial charge in [-0.1, -0.05) is 55.8 Å². The molecule has 0 bridgehead atoms. The summed E-state index contributed by atoms with van der Waals surface area (Å²) in [5.41, 5.74) is 3.87. The second-order valence-electron chi connectivity index (χ2n) is 7.91. The Hall–Kier alpha value is -3.52. The van der Waals surface area contributed by atoms with Crippen LogP contribution in [0.4, 0.5) is 5.95 Å². The van der Waals surface area contributed by atoms with E-state index in [1.165, 1.54) is 5.56 Å². The molecule has 0 saturated heterocycles. The van der Waals surface area contributed by atoms with Crippen LogP contribution in [-0.4, -0.2) is 27.6 Å². The smallest absolute Gasteiger partial charge is 0.286 e. The van der Waals surface area contributed by atoms with Crippen molar-refractivity contribution < 1.29 is 8.42 Å². The van der Waals surface area contributed by atoms with Crippen molar-refractivity contribution in [3.63, 3.8) is 0 Å². The number of aryl methyl sites for hydroxylation is 1. The van der Waals surface area contributed by atoms with Gasteiger partial charge in [-0.15, -0.1) is 9.19 Å². The van der Waals surface area contributed by atoms with Gasteiger partial charge in [0.25, 0.3) is 10.0 Å². The van der Waals surface area contributed by atoms with E-state index >= 15 is 0 Å². The van der Waals surface area contributed by atoms with Gasteiger partial charge in [0.1, 0.15) is 0 Å². The molecule has 8 heteroatoms. The Kier molecular flexibility index (Phi) is 6.05. The van der Waals surface area contributed by atoms with Crippen LogP contribution in [-0.2, 0) is 16.6 Å². The number of aromatic nitrogens is 4. The highest BCUT2D eigenvalue weighted by Gasteiger charge is 2.24. The van der Waals surface area contributed by atoms with Gasteiger partial charge < -0.3 is 5.32 Å². The Morgan fingerprint density at radius 1 is 1.00 bits per heavy atom. The summed E-state index contributed by atoms with van der Waals surface area (Å²) >= 11 is 0. The molecule has 0 unspecified atom stereocenters. The Morgan fingerprint density at radius 3 is 2.34 bits per heavy atom. The second kappa shape index (κ2) is 8.92. The van der Waals surface area contributed by atoms with Crippen molar-refractivity contribution in [2.45, 2.75) is 38.1 Å². The van der Waals surface area contributed by atoms with Gasteiger partial charge >= 0.3 is 0 Å². The SMILES string of the molecule is Cc1ccc(S(=O)(=O)n2nc(-c3cccnc3)nc2NCc2ccc(C(C)C)cc2)cc1. The molecule has 4 aromatic rings. The minimum Gasteiger partial charge on any atom is -0.349 e. The first-order chi connectivity index (χ1) is 15.3. The maximum absolute atomic E-state index is 13.3. The Balaban J connectivity index is 1.70. The molecule has 164 valence electrons. The lowest BCUT2D eigenvalue weighted by Crippen LogP contribution is -2.18. The number of anilines is 1. The number of nitrogens with zero attached hydrogens (tertiary/aromatic N) is 4. The maximum atomic E-state index is 13.3. The number of pyridine rings is 1. The van der Waals surface area contributed by atoms with Gasteiger partial charge in [0.15, 0.2) is 5.82 Å². The zero-order valence-electron chi connectivity index (χ0n) is 18.2. The summed E-state index contributed by atoms with van der Waals surface area (Å²) in [5.74, 6) is 0.880. The van der Waals surface area contributed by atoms with E-state index in [-0.39, 0.29) is 16.7 Å². The highest BCUT2D eigenvalue weighted by atomic mass is 32.2. The fraction of sp³-hybridized carbons (Fsp3) is 0.208. The molecule has 0 radical (unpaired) electrons. The van der Waals surface area contributed by atoms with E-state index in [0.717, 1.165) is 15.2 Å². The van der Waals surface area contributed by atoms with Gasteiger partial charge in [-0.3, -0.25) is 4.98 Å². The van der Waals surface area contributed by atoms with Crippen LogP contribution in [0.1, 0.15) is 36.5 Å². The quantitative estimate of drug-likeness (QED) is 0.445. The Bertz CT molecular complexity index is 1300. The molecule has 0 aliphatic rings. The molecule has 0 aliphatic heterocycles. The topological polar surface area (TPSA) is 89.8 Å². The molecule has 2 aromatic carbocycles. The number of rotatable bonds is 7. The summed E-state index contributed by atoms with van der Waals surface area (Å²) in [6.07, 6.45) is 3.25. The number of hydrogen-bond acceptors (Lipinski definition) is 6. The van der Waals surface area contributed by atoms with Crippen LogP contribution in [0, 0.1) is 6.92 Å². The molecule has 0 fully saturated rings. The zero-order chi connectivity index (χ0) is 22.7. The standard InChI is InChI=1S/C24H25N5O2S/c1-17(2)20-10-8-19(9-11-20)15-26-24-27-23(21-5-4-14-25-16-21)28-29(24)32(30,31)22-12-6-18(3)7-13-22/h4-14,16-17H,15H2,1-3H3,(H,26,27,28). The molecule has 0 aliphatic carbocycles. The fourth-order valence-electron chi connectivity index (χ4n) is 3.20. The van der Waals surface area contributed by atoms with Crippen molar-refractivity contribution in [3.8, 4) is 11.4 Å². The van der Waals surface area contributed by atoms with Crippen LogP contribution in [0.15, 0.2) is 78.0 Å². The van der Waals surface area contributed by atoms with Crippen molar-refractivity contribution >= 4 is 16.0 Å². The zero-order valence-corrected chi connectivity index (χ0v) is 19.0. The first-order valence-corrected chi connectivity index (χ1v) is 11.8. The summed E-state index contributed by atoms with van der Waals surface area (Å²) in [5, 5.41) is 7.46. The largest absolute Gasteiger partial charge is 0.349 e. The molecule has 0 amide bonds. The molecule has 32 heavy (non-hydrogen) atoms. The molecule has 1 N–H and O–H groups in total.